The fourth-order valence-electron chi connectivity index (χ4n) is 2.03. The third-order valence-corrected chi connectivity index (χ3v) is 3.14. The summed E-state index contributed by atoms with van der Waals surface area (Å²) in [7, 11) is 0. The number of carbonyl (C=O) groups excluding carboxylic acids is 1. The lowest BCUT2D eigenvalue weighted by Crippen LogP contribution is -2.18. The molecule has 1 aliphatic heterocycles. The van der Waals surface area contributed by atoms with E-state index in [1.807, 2.05) is 0 Å². The summed E-state index contributed by atoms with van der Waals surface area (Å²) in [6.45, 7) is 1.43. The molecule has 4 heteroatoms. The molecule has 2 rings (SSSR count). The molecule has 2 N–H and O–H groups in total. The maximum absolute atomic E-state index is 13.2. The average molecular weight is 237 g/mol. The molecule has 0 atom stereocenters. The molecule has 0 aromatic heterocycles. The van der Waals surface area contributed by atoms with Gasteiger partial charge in [-0.25, -0.2) is 4.39 Å². The summed E-state index contributed by atoms with van der Waals surface area (Å²) >= 11 is 0. The highest BCUT2D eigenvalue weighted by Gasteiger charge is 2.18. The van der Waals surface area contributed by atoms with E-state index in [2.05, 4.69) is 0 Å². The Morgan fingerprint density at radius 3 is 2.76 bits per heavy atom. The van der Waals surface area contributed by atoms with Crippen LogP contribution in [-0.2, 0) is 4.74 Å². The van der Waals surface area contributed by atoms with Gasteiger partial charge in [-0.1, -0.05) is 0 Å². The van der Waals surface area contributed by atoms with Crippen LogP contribution in [0.4, 0.5) is 10.1 Å². The maximum atomic E-state index is 13.2. The van der Waals surface area contributed by atoms with Crippen LogP contribution in [0.1, 0.15) is 29.6 Å². The van der Waals surface area contributed by atoms with Gasteiger partial charge >= 0.3 is 0 Å². The van der Waals surface area contributed by atoms with Gasteiger partial charge in [-0.2, -0.15) is 0 Å². The molecule has 1 heterocycles. The molecule has 0 aliphatic carbocycles. The van der Waals surface area contributed by atoms with Crippen molar-refractivity contribution in [3.05, 3.63) is 29.6 Å². The molecular weight excluding hydrogens is 221 g/mol. The zero-order valence-electron chi connectivity index (χ0n) is 9.62. The summed E-state index contributed by atoms with van der Waals surface area (Å²) in [5.74, 6) is -0.185. The van der Waals surface area contributed by atoms with E-state index in [0.717, 1.165) is 12.8 Å². The lowest BCUT2D eigenvalue weighted by molar-refractivity contribution is 0.0601. The maximum Gasteiger partial charge on any atom is 0.163 e. The van der Waals surface area contributed by atoms with Crippen molar-refractivity contribution < 1.29 is 13.9 Å². The van der Waals surface area contributed by atoms with Gasteiger partial charge in [0.1, 0.15) is 5.82 Å². The van der Waals surface area contributed by atoms with Crippen molar-refractivity contribution >= 4 is 11.5 Å². The first-order valence-electron chi connectivity index (χ1n) is 5.83. The summed E-state index contributed by atoms with van der Waals surface area (Å²) in [5, 5.41) is 0. The predicted molar refractivity (Wildman–Crippen MR) is 63.3 cm³/mol. The summed E-state index contributed by atoms with van der Waals surface area (Å²) in [6, 6.07) is 4.24. The molecular formula is C13H16FNO2. The molecule has 3 nitrogen and oxygen atoms in total. The van der Waals surface area contributed by atoms with Crippen molar-refractivity contribution in [1.29, 1.82) is 0 Å². The van der Waals surface area contributed by atoms with Crippen LogP contribution in [0.2, 0.25) is 0 Å². The van der Waals surface area contributed by atoms with Crippen molar-refractivity contribution in [2.45, 2.75) is 19.3 Å². The van der Waals surface area contributed by atoms with Crippen molar-refractivity contribution in [3.63, 3.8) is 0 Å². The van der Waals surface area contributed by atoms with Crippen LogP contribution < -0.4 is 5.73 Å². The fourth-order valence-corrected chi connectivity index (χ4v) is 2.03. The molecule has 0 radical (unpaired) electrons. The number of Topliss-reactive ketones (excluding diaryl/α,β-unsaturated/α-hetero) is 1. The third-order valence-electron chi connectivity index (χ3n) is 3.14. The molecule has 0 saturated carbocycles. The van der Waals surface area contributed by atoms with Gasteiger partial charge in [-0.15, -0.1) is 0 Å². The van der Waals surface area contributed by atoms with Crippen molar-refractivity contribution in [3.8, 4) is 0 Å². The van der Waals surface area contributed by atoms with Crippen molar-refractivity contribution in [1.82, 2.24) is 0 Å². The van der Waals surface area contributed by atoms with Crippen LogP contribution in [0, 0.1) is 11.7 Å². The minimum Gasteiger partial charge on any atom is -0.396 e. The van der Waals surface area contributed by atoms with Crippen LogP contribution in [-0.4, -0.2) is 19.0 Å². The molecule has 0 bridgehead atoms. The van der Waals surface area contributed by atoms with E-state index in [1.54, 1.807) is 6.07 Å². The summed E-state index contributed by atoms with van der Waals surface area (Å²) in [6.07, 6.45) is 2.28. The largest absolute Gasteiger partial charge is 0.396 e. The van der Waals surface area contributed by atoms with E-state index < -0.39 is 5.82 Å². The zero-order chi connectivity index (χ0) is 12.3. The number of nitrogen functional groups attached to an aromatic ring is 1. The molecule has 17 heavy (non-hydrogen) atoms. The van der Waals surface area contributed by atoms with E-state index in [1.165, 1.54) is 12.1 Å². The quantitative estimate of drug-likeness (QED) is 0.648. The normalized spacial score (nSPS) is 17.0. The third kappa shape index (κ3) is 3.03. The monoisotopic (exact) mass is 237 g/mol. The fraction of sp³-hybridized carbons (Fsp3) is 0.462. The number of benzene rings is 1. The Morgan fingerprint density at radius 2 is 2.12 bits per heavy atom. The molecule has 1 aromatic carbocycles. The smallest absolute Gasteiger partial charge is 0.163 e. The first-order chi connectivity index (χ1) is 8.16. The lowest BCUT2D eigenvalue weighted by atomic mass is 9.92. The van der Waals surface area contributed by atoms with Gasteiger partial charge in [-0.3, -0.25) is 4.79 Å². The predicted octanol–water partition coefficient (Wildman–Crippen LogP) is 2.41. The highest BCUT2D eigenvalue weighted by atomic mass is 19.1. The Bertz CT molecular complexity index is 414. The van der Waals surface area contributed by atoms with Gasteiger partial charge in [0, 0.05) is 25.2 Å². The minimum absolute atomic E-state index is 0.0178. The number of hydrogen-bond donors (Lipinski definition) is 1. The number of rotatable bonds is 3. The SMILES string of the molecule is Nc1ccc(C(=O)CC2CCOCC2)cc1F. The Hall–Kier alpha value is -1.42. The van der Waals surface area contributed by atoms with E-state index >= 15 is 0 Å². The first-order valence-corrected chi connectivity index (χ1v) is 5.83. The van der Waals surface area contributed by atoms with Gasteiger partial charge in [0.15, 0.2) is 5.78 Å². The number of hydrogen-bond acceptors (Lipinski definition) is 3. The van der Waals surface area contributed by atoms with E-state index in [4.69, 9.17) is 10.5 Å². The number of anilines is 1. The second-order valence-corrected chi connectivity index (χ2v) is 4.42. The van der Waals surface area contributed by atoms with Gasteiger partial charge in [0.2, 0.25) is 0 Å². The second-order valence-electron chi connectivity index (χ2n) is 4.42. The zero-order valence-corrected chi connectivity index (χ0v) is 9.62. The Labute approximate surface area is 99.8 Å². The molecule has 1 aromatic rings. The van der Waals surface area contributed by atoms with Crippen molar-refractivity contribution in [2.75, 3.05) is 18.9 Å². The summed E-state index contributed by atoms with van der Waals surface area (Å²) in [5.41, 5.74) is 5.85. The second kappa shape index (κ2) is 5.27. The molecule has 0 amide bonds. The Kier molecular flexibility index (Phi) is 3.74. The molecule has 92 valence electrons. The summed E-state index contributed by atoms with van der Waals surface area (Å²) in [4.78, 5) is 11.9. The highest BCUT2D eigenvalue weighted by molar-refractivity contribution is 5.96. The average Bonchev–Trinajstić information content (AvgIpc) is 2.34. The molecule has 1 aliphatic rings. The number of halogens is 1. The van der Waals surface area contributed by atoms with E-state index in [9.17, 15) is 9.18 Å². The summed E-state index contributed by atoms with van der Waals surface area (Å²) < 4.78 is 18.5. The van der Waals surface area contributed by atoms with Crippen LogP contribution in [0.25, 0.3) is 0 Å². The van der Waals surface area contributed by atoms with Gasteiger partial charge in [0.05, 0.1) is 5.69 Å². The van der Waals surface area contributed by atoms with Gasteiger partial charge in [0.25, 0.3) is 0 Å². The minimum atomic E-state index is -0.525. The van der Waals surface area contributed by atoms with E-state index in [0.29, 0.717) is 31.1 Å². The van der Waals surface area contributed by atoms with Crippen LogP contribution in [0.15, 0.2) is 18.2 Å². The molecule has 0 spiro atoms. The van der Waals surface area contributed by atoms with Crippen LogP contribution in [0.5, 0.6) is 0 Å². The van der Waals surface area contributed by atoms with Crippen LogP contribution >= 0.6 is 0 Å². The topological polar surface area (TPSA) is 52.3 Å². The molecule has 0 unspecified atom stereocenters. The van der Waals surface area contributed by atoms with Gasteiger partial charge < -0.3 is 10.5 Å². The number of ether oxygens (including phenoxy) is 1. The van der Waals surface area contributed by atoms with Crippen LogP contribution in [0.3, 0.4) is 0 Å². The standard InChI is InChI=1S/C13H16FNO2/c14-11-8-10(1-2-12(11)15)13(16)7-9-3-5-17-6-4-9/h1-2,8-9H,3-7,15H2. The van der Waals surface area contributed by atoms with Crippen molar-refractivity contribution in [2.24, 2.45) is 5.92 Å². The Balaban J connectivity index is 2.01. The molecule has 1 fully saturated rings. The molecule has 1 saturated heterocycles. The Morgan fingerprint density at radius 1 is 1.41 bits per heavy atom. The number of nitrogens with two attached hydrogens (primary N) is 1. The number of ketones is 1. The first kappa shape index (κ1) is 12.0. The number of carbonyl (C=O) groups is 1. The van der Waals surface area contributed by atoms with E-state index in [-0.39, 0.29) is 11.5 Å². The lowest BCUT2D eigenvalue weighted by Gasteiger charge is -2.21. The van der Waals surface area contributed by atoms with Gasteiger partial charge in [-0.05, 0) is 37.0 Å². The highest BCUT2D eigenvalue weighted by Crippen LogP contribution is 2.22.